The second kappa shape index (κ2) is 4.44. The van der Waals surface area contributed by atoms with E-state index in [1.54, 1.807) is 30.0 Å². The predicted molar refractivity (Wildman–Crippen MR) is 63.0 cm³/mol. The average molecular weight is 224 g/mol. The van der Waals surface area contributed by atoms with Gasteiger partial charge in [0, 0.05) is 17.5 Å². The number of aliphatic imine (C=N–C) groups is 1. The molecule has 0 aromatic heterocycles. The van der Waals surface area contributed by atoms with Gasteiger partial charge in [-0.05, 0) is 12.1 Å². The number of nitrogens with zero attached hydrogens (tertiary/aromatic N) is 1. The molecule has 0 aliphatic carbocycles. The van der Waals surface area contributed by atoms with E-state index in [-0.39, 0.29) is 5.75 Å². The summed E-state index contributed by atoms with van der Waals surface area (Å²) in [6.45, 7) is 0.863. The summed E-state index contributed by atoms with van der Waals surface area (Å²) in [7, 11) is 1.53. The number of phenols is 1. The molecule has 4 nitrogen and oxygen atoms in total. The van der Waals surface area contributed by atoms with Crippen molar-refractivity contribution in [2.45, 2.75) is 0 Å². The first kappa shape index (κ1) is 10.2. The molecule has 0 spiro atoms. The lowest BCUT2D eigenvalue weighted by Gasteiger charge is -2.08. The van der Waals surface area contributed by atoms with E-state index in [0.717, 1.165) is 23.2 Å². The average Bonchev–Trinajstić information content (AvgIpc) is 2.73. The summed E-state index contributed by atoms with van der Waals surface area (Å²) in [5, 5.41) is 13.5. The SMILES string of the molecule is COc1cc(NC2=NCCS2)ccc1O. The lowest BCUT2D eigenvalue weighted by Crippen LogP contribution is -2.04. The van der Waals surface area contributed by atoms with Gasteiger partial charge in [-0.15, -0.1) is 0 Å². The van der Waals surface area contributed by atoms with Crippen LogP contribution in [0.15, 0.2) is 23.2 Å². The van der Waals surface area contributed by atoms with Crippen molar-refractivity contribution in [1.29, 1.82) is 0 Å². The van der Waals surface area contributed by atoms with Crippen LogP contribution in [-0.2, 0) is 0 Å². The lowest BCUT2D eigenvalue weighted by atomic mass is 10.3. The third kappa shape index (κ3) is 2.36. The van der Waals surface area contributed by atoms with E-state index in [1.807, 2.05) is 0 Å². The zero-order valence-electron chi connectivity index (χ0n) is 8.36. The number of nitrogens with one attached hydrogen (secondary N) is 1. The summed E-state index contributed by atoms with van der Waals surface area (Å²) in [4.78, 5) is 4.27. The molecule has 0 saturated heterocycles. The molecule has 2 rings (SSSR count). The first-order chi connectivity index (χ1) is 7.29. The molecule has 1 aliphatic rings. The van der Waals surface area contributed by atoms with Gasteiger partial charge in [0.25, 0.3) is 0 Å². The minimum absolute atomic E-state index is 0.143. The van der Waals surface area contributed by atoms with Crippen LogP contribution in [0.3, 0.4) is 0 Å². The van der Waals surface area contributed by atoms with E-state index < -0.39 is 0 Å². The zero-order chi connectivity index (χ0) is 10.7. The van der Waals surface area contributed by atoms with Crippen molar-refractivity contribution < 1.29 is 9.84 Å². The second-order valence-corrected chi connectivity index (χ2v) is 4.13. The zero-order valence-corrected chi connectivity index (χ0v) is 9.17. The topological polar surface area (TPSA) is 53.8 Å². The molecule has 1 aliphatic heterocycles. The highest BCUT2D eigenvalue weighted by Crippen LogP contribution is 2.29. The van der Waals surface area contributed by atoms with Gasteiger partial charge in [-0.3, -0.25) is 4.99 Å². The molecule has 1 aromatic rings. The third-order valence-electron chi connectivity index (χ3n) is 2.02. The molecule has 0 fully saturated rings. The van der Waals surface area contributed by atoms with Crippen molar-refractivity contribution >= 4 is 22.6 Å². The Bertz CT molecular complexity index is 393. The standard InChI is InChI=1S/C10H12N2O2S/c1-14-9-6-7(2-3-8(9)13)12-10-11-4-5-15-10/h2-3,6,13H,4-5H2,1H3,(H,11,12). The van der Waals surface area contributed by atoms with Gasteiger partial charge in [-0.1, -0.05) is 11.8 Å². The molecular weight excluding hydrogens is 212 g/mol. The van der Waals surface area contributed by atoms with E-state index >= 15 is 0 Å². The maximum absolute atomic E-state index is 9.41. The number of amidine groups is 1. The summed E-state index contributed by atoms with van der Waals surface area (Å²) in [6.07, 6.45) is 0. The summed E-state index contributed by atoms with van der Waals surface area (Å²) < 4.78 is 5.01. The lowest BCUT2D eigenvalue weighted by molar-refractivity contribution is 0.374. The molecule has 1 aromatic carbocycles. The molecule has 80 valence electrons. The largest absolute Gasteiger partial charge is 0.504 e. The Kier molecular flexibility index (Phi) is 3.01. The molecule has 2 N–H and O–H groups in total. The van der Waals surface area contributed by atoms with Crippen LogP contribution in [0.4, 0.5) is 5.69 Å². The van der Waals surface area contributed by atoms with Crippen LogP contribution in [-0.4, -0.2) is 29.7 Å². The summed E-state index contributed by atoms with van der Waals surface area (Å²) >= 11 is 1.69. The summed E-state index contributed by atoms with van der Waals surface area (Å²) in [6, 6.07) is 5.14. The molecule has 15 heavy (non-hydrogen) atoms. The van der Waals surface area contributed by atoms with Crippen molar-refractivity contribution in [1.82, 2.24) is 0 Å². The number of benzene rings is 1. The van der Waals surface area contributed by atoms with Gasteiger partial charge in [-0.25, -0.2) is 0 Å². The molecule has 0 unspecified atom stereocenters. The number of ether oxygens (including phenoxy) is 1. The van der Waals surface area contributed by atoms with Gasteiger partial charge in [0.05, 0.1) is 13.7 Å². The molecule has 5 heteroatoms. The first-order valence-corrected chi connectivity index (χ1v) is 5.59. The number of aromatic hydroxyl groups is 1. The molecule has 0 radical (unpaired) electrons. The van der Waals surface area contributed by atoms with Crippen LogP contribution in [0.2, 0.25) is 0 Å². The van der Waals surface area contributed by atoms with Crippen LogP contribution in [0.25, 0.3) is 0 Å². The first-order valence-electron chi connectivity index (χ1n) is 4.61. The fourth-order valence-corrected chi connectivity index (χ4v) is 2.04. The quantitative estimate of drug-likeness (QED) is 0.753. The molecule has 0 amide bonds. The fraction of sp³-hybridized carbons (Fsp3) is 0.300. The number of anilines is 1. The van der Waals surface area contributed by atoms with Gasteiger partial charge >= 0.3 is 0 Å². The minimum atomic E-state index is 0.143. The minimum Gasteiger partial charge on any atom is -0.504 e. The highest BCUT2D eigenvalue weighted by Gasteiger charge is 2.08. The van der Waals surface area contributed by atoms with E-state index in [2.05, 4.69) is 10.3 Å². The van der Waals surface area contributed by atoms with Gasteiger partial charge in [-0.2, -0.15) is 0 Å². The smallest absolute Gasteiger partial charge is 0.162 e. The third-order valence-corrected chi connectivity index (χ3v) is 2.91. The van der Waals surface area contributed by atoms with Gasteiger partial charge < -0.3 is 15.2 Å². The highest BCUT2D eigenvalue weighted by atomic mass is 32.2. The maximum atomic E-state index is 9.41. The van der Waals surface area contributed by atoms with Crippen LogP contribution >= 0.6 is 11.8 Å². The number of phenolic OH excluding ortho intramolecular Hbond substituents is 1. The molecule has 0 saturated carbocycles. The normalized spacial score (nSPS) is 14.9. The number of rotatable bonds is 2. The predicted octanol–water partition coefficient (Wildman–Crippen LogP) is 1.92. The van der Waals surface area contributed by atoms with Crippen molar-refractivity contribution in [3.63, 3.8) is 0 Å². The Hall–Kier alpha value is -1.36. The Morgan fingerprint density at radius 2 is 2.40 bits per heavy atom. The Balaban J connectivity index is 2.14. The maximum Gasteiger partial charge on any atom is 0.162 e. The van der Waals surface area contributed by atoms with Crippen LogP contribution in [0.5, 0.6) is 11.5 Å². The second-order valence-electron chi connectivity index (χ2n) is 3.05. The molecular formula is C10H12N2O2S. The van der Waals surface area contributed by atoms with Gasteiger partial charge in [0.1, 0.15) is 0 Å². The number of hydrogen-bond donors (Lipinski definition) is 2. The molecule has 0 bridgehead atoms. The van der Waals surface area contributed by atoms with Crippen LogP contribution in [0, 0.1) is 0 Å². The monoisotopic (exact) mass is 224 g/mol. The Morgan fingerprint density at radius 1 is 1.53 bits per heavy atom. The van der Waals surface area contributed by atoms with E-state index in [1.165, 1.54) is 7.11 Å². The Labute approximate surface area is 92.4 Å². The number of methoxy groups -OCH3 is 1. The van der Waals surface area contributed by atoms with E-state index in [4.69, 9.17) is 4.74 Å². The van der Waals surface area contributed by atoms with Crippen LogP contribution in [0.1, 0.15) is 0 Å². The highest BCUT2D eigenvalue weighted by molar-refractivity contribution is 8.14. The molecule has 1 heterocycles. The van der Waals surface area contributed by atoms with Gasteiger partial charge in [0.2, 0.25) is 0 Å². The van der Waals surface area contributed by atoms with Crippen LogP contribution < -0.4 is 10.1 Å². The number of thioether (sulfide) groups is 1. The summed E-state index contributed by atoms with van der Waals surface area (Å²) in [5.74, 6) is 1.63. The van der Waals surface area contributed by atoms with Crippen molar-refractivity contribution in [3.8, 4) is 11.5 Å². The van der Waals surface area contributed by atoms with Crippen molar-refractivity contribution in [2.24, 2.45) is 4.99 Å². The van der Waals surface area contributed by atoms with Gasteiger partial charge in [0.15, 0.2) is 16.7 Å². The Morgan fingerprint density at radius 3 is 3.07 bits per heavy atom. The van der Waals surface area contributed by atoms with E-state index in [0.29, 0.717) is 5.75 Å². The fourth-order valence-electron chi connectivity index (χ4n) is 1.29. The van der Waals surface area contributed by atoms with E-state index in [9.17, 15) is 5.11 Å². The van der Waals surface area contributed by atoms with Crippen molar-refractivity contribution in [3.05, 3.63) is 18.2 Å². The molecule has 0 atom stereocenters. The summed E-state index contributed by atoms with van der Waals surface area (Å²) in [5.41, 5.74) is 0.873. The number of hydrogen-bond acceptors (Lipinski definition) is 5. The van der Waals surface area contributed by atoms with Crippen molar-refractivity contribution in [2.75, 3.05) is 24.7 Å².